The molecule has 0 aromatic carbocycles. The Hall–Kier alpha value is -0.0400. The lowest BCUT2D eigenvalue weighted by Gasteiger charge is -2.17. The van der Waals surface area contributed by atoms with Gasteiger partial charge < -0.3 is 4.90 Å². The SMILES string of the molecule is CCN(CC)CCCCCCCCCCC(C)C. The molecule has 0 aliphatic heterocycles. The van der Waals surface area contributed by atoms with E-state index in [1.807, 2.05) is 0 Å². The average Bonchev–Trinajstić information content (AvgIpc) is 2.36. The summed E-state index contributed by atoms with van der Waals surface area (Å²) in [7, 11) is 0. The van der Waals surface area contributed by atoms with E-state index in [-0.39, 0.29) is 0 Å². The number of hydrogen-bond donors (Lipinski definition) is 0. The molecule has 0 bridgehead atoms. The van der Waals surface area contributed by atoms with Crippen LogP contribution in [0.1, 0.15) is 85.5 Å². The van der Waals surface area contributed by atoms with E-state index in [1.165, 1.54) is 77.4 Å². The highest BCUT2D eigenvalue weighted by molar-refractivity contribution is 4.53. The van der Waals surface area contributed by atoms with Crippen LogP contribution >= 0.6 is 0 Å². The maximum atomic E-state index is 2.53. The van der Waals surface area contributed by atoms with Gasteiger partial charge in [-0.05, 0) is 32.0 Å². The van der Waals surface area contributed by atoms with Crippen LogP contribution in [0.3, 0.4) is 0 Å². The lowest BCUT2D eigenvalue weighted by atomic mass is 10.0. The van der Waals surface area contributed by atoms with Crippen molar-refractivity contribution < 1.29 is 0 Å². The van der Waals surface area contributed by atoms with Crippen molar-refractivity contribution >= 4 is 0 Å². The van der Waals surface area contributed by atoms with Crippen LogP contribution in [0.25, 0.3) is 0 Å². The van der Waals surface area contributed by atoms with Gasteiger partial charge in [-0.1, -0.05) is 79.1 Å². The van der Waals surface area contributed by atoms with Crippen molar-refractivity contribution in [3.05, 3.63) is 0 Å². The van der Waals surface area contributed by atoms with Gasteiger partial charge in [-0.25, -0.2) is 0 Å². The summed E-state index contributed by atoms with van der Waals surface area (Å²) in [6, 6.07) is 0. The molecule has 0 fully saturated rings. The van der Waals surface area contributed by atoms with E-state index in [0.29, 0.717) is 0 Å². The first-order valence-electron chi connectivity index (χ1n) is 8.43. The molecule has 0 heterocycles. The molecule has 0 aliphatic rings. The Kier molecular flexibility index (Phi) is 13.4. The maximum absolute atomic E-state index is 2.53. The summed E-state index contributed by atoms with van der Waals surface area (Å²) in [5.74, 6) is 0.894. The molecule has 0 aliphatic carbocycles. The van der Waals surface area contributed by atoms with Gasteiger partial charge in [0.2, 0.25) is 0 Å². The lowest BCUT2D eigenvalue weighted by Crippen LogP contribution is -2.23. The van der Waals surface area contributed by atoms with E-state index in [2.05, 4.69) is 32.6 Å². The zero-order valence-electron chi connectivity index (χ0n) is 13.5. The minimum atomic E-state index is 0.894. The number of unbranched alkanes of at least 4 members (excludes halogenated alkanes) is 7. The second-order valence-corrected chi connectivity index (χ2v) is 6.04. The van der Waals surface area contributed by atoms with E-state index in [9.17, 15) is 0 Å². The third kappa shape index (κ3) is 12.4. The molecule has 0 saturated carbocycles. The molecule has 0 saturated heterocycles. The zero-order valence-corrected chi connectivity index (χ0v) is 13.5. The van der Waals surface area contributed by atoms with Crippen molar-refractivity contribution in [1.29, 1.82) is 0 Å². The van der Waals surface area contributed by atoms with E-state index in [1.54, 1.807) is 0 Å². The molecular formula is C17H37N. The van der Waals surface area contributed by atoms with Crippen molar-refractivity contribution in [3.63, 3.8) is 0 Å². The summed E-state index contributed by atoms with van der Waals surface area (Å²) >= 11 is 0. The highest BCUT2D eigenvalue weighted by Gasteiger charge is 1.98. The molecule has 0 rings (SSSR count). The number of nitrogens with zero attached hydrogens (tertiary/aromatic N) is 1. The third-order valence-corrected chi connectivity index (χ3v) is 3.90. The van der Waals surface area contributed by atoms with Gasteiger partial charge >= 0.3 is 0 Å². The van der Waals surface area contributed by atoms with Gasteiger partial charge in [0.25, 0.3) is 0 Å². The third-order valence-electron chi connectivity index (χ3n) is 3.90. The number of rotatable bonds is 13. The molecule has 0 spiro atoms. The Bertz CT molecular complexity index is 150. The first kappa shape index (κ1) is 18.0. The van der Waals surface area contributed by atoms with E-state index in [4.69, 9.17) is 0 Å². The molecule has 0 aromatic heterocycles. The smallest absolute Gasteiger partial charge is 0.00190 e. The van der Waals surface area contributed by atoms with Crippen molar-refractivity contribution in [2.24, 2.45) is 5.92 Å². The lowest BCUT2D eigenvalue weighted by molar-refractivity contribution is 0.295. The fourth-order valence-electron chi connectivity index (χ4n) is 2.49. The van der Waals surface area contributed by atoms with Crippen LogP contribution < -0.4 is 0 Å². The fourth-order valence-corrected chi connectivity index (χ4v) is 2.49. The molecule has 1 heteroatoms. The van der Waals surface area contributed by atoms with Crippen molar-refractivity contribution in [1.82, 2.24) is 4.90 Å². The molecular weight excluding hydrogens is 218 g/mol. The highest BCUT2D eigenvalue weighted by atomic mass is 15.1. The van der Waals surface area contributed by atoms with E-state index in [0.717, 1.165) is 5.92 Å². The van der Waals surface area contributed by atoms with E-state index < -0.39 is 0 Å². The Labute approximate surface area is 116 Å². The van der Waals surface area contributed by atoms with Gasteiger partial charge in [-0.2, -0.15) is 0 Å². The topological polar surface area (TPSA) is 3.24 Å². The predicted octanol–water partition coefficient (Wildman–Crippen LogP) is 5.50. The molecule has 110 valence electrons. The maximum Gasteiger partial charge on any atom is -0.00190 e. The van der Waals surface area contributed by atoms with Crippen molar-refractivity contribution in [2.75, 3.05) is 19.6 Å². The van der Waals surface area contributed by atoms with Gasteiger partial charge in [-0.15, -0.1) is 0 Å². The van der Waals surface area contributed by atoms with Crippen LogP contribution in [0, 0.1) is 5.92 Å². The normalized spacial score (nSPS) is 11.7. The molecule has 1 nitrogen and oxygen atoms in total. The van der Waals surface area contributed by atoms with Gasteiger partial charge in [0.1, 0.15) is 0 Å². The summed E-state index contributed by atoms with van der Waals surface area (Å²) in [5.41, 5.74) is 0. The number of hydrogen-bond acceptors (Lipinski definition) is 1. The predicted molar refractivity (Wildman–Crippen MR) is 84.2 cm³/mol. The fraction of sp³-hybridized carbons (Fsp3) is 1.00. The molecule has 0 aromatic rings. The molecule has 0 radical (unpaired) electrons. The van der Waals surface area contributed by atoms with Crippen LogP contribution in [-0.4, -0.2) is 24.5 Å². The summed E-state index contributed by atoms with van der Waals surface area (Å²) in [6.45, 7) is 12.9. The van der Waals surface area contributed by atoms with Gasteiger partial charge in [-0.3, -0.25) is 0 Å². The Balaban J connectivity index is 3.07. The first-order valence-corrected chi connectivity index (χ1v) is 8.43. The van der Waals surface area contributed by atoms with E-state index >= 15 is 0 Å². The second-order valence-electron chi connectivity index (χ2n) is 6.04. The summed E-state index contributed by atoms with van der Waals surface area (Å²) in [4.78, 5) is 2.53. The zero-order chi connectivity index (χ0) is 13.6. The van der Waals surface area contributed by atoms with Crippen molar-refractivity contribution in [3.8, 4) is 0 Å². The van der Waals surface area contributed by atoms with Gasteiger partial charge in [0.05, 0.1) is 0 Å². The molecule has 0 N–H and O–H groups in total. The minimum absolute atomic E-state index is 0.894. The quantitative estimate of drug-likeness (QED) is 0.393. The average molecular weight is 255 g/mol. The monoisotopic (exact) mass is 255 g/mol. The van der Waals surface area contributed by atoms with Gasteiger partial charge in [0, 0.05) is 0 Å². The first-order chi connectivity index (χ1) is 8.70. The Morgan fingerprint density at radius 3 is 1.56 bits per heavy atom. The molecule has 18 heavy (non-hydrogen) atoms. The molecule has 0 atom stereocenters. The van der Waals surface area contributed by atoms with Crippen LogP contribution in [0.15, 0.2) is 0 Å². The standard InChI is InChI=1S/C17H37N/c1-5-18(6-2)16-14-12-10-8-7-9-11-13-15-17(3)4/h17H,5-16H2,1-4H3. The molecule has 0 amide bonds. The highest BCUT2D eigenvalue weighted by Crippen LogP contribution is 2.12. The van der Waals surface area contributed by atoms with Crippen LogP contribution in [-0.2, 0) is 0 Å². The largest absolute Gasteiger partial charge is 0.304 e. The van der Waals surface area contributed by atoms with Crippen LogP contribution in [0.5, 0.6) is 0 Å². The Morgan fingerprint density at radius 2 is 1.11 bits per heavy atom. The molecule has 0 unspecified atom stereocenters. The second kappa shape index (κ2) is 13.4. The van der Waals surface area contributed by atoms with Crippen LogP contribution in [0.4, 0.5) is 0 Å². The summed E-state index contributed by atoms with van der Waals surface area (Å²) in [6.07, 6.45) is 13.0. The minimum Gasteiger partial charge on any atom is -0.304 e. The summed E-state index contributed by atoms with van der Waals surface area (Å²) in [5, 5.41) is 0. The summed E-state index contributed by atoms with van der Waals surface area (Å²) < 4.78 is 0. The van der Waals surface area contributed by atoms with Gasteiger partial charge in [0.15, 0.2) is 0 Å². The van der Waals surface area contributed by atoms with Crippen molar-refractivity contribution in [2.45, 2.75) is 85.5 Å². The van der Waals surface area contributed by atoms with Crippen LogP contribution in [0.2, 0.25) is 0 Å². The Morgan fingerprint density at radius 1 is 0.667 bits per heavy atom.